The largest absolute Gasteiger partial charge is 0.275 e. The molecule has 0 amide bonds. The van der Waals surface area contributed by atoms with E-state index in [0.717, 1.165) is 0 Å². The first-order chi connectivity index (χ1) is 4.86. The molecule has 0 aliphatic rings. The van der Waals surface area contributed by atoms with Gasteiger partial charge in [-0.3, -0.25) is 4.84 Å². The average molecular weight is 156 g/mol. The summed E-state index contributed by atoms with van der Waals surface area (Å²) in [6.07, 6.45) is 5.81. The van der Waals surface area contributed by atoms with Gasteiger partial charge < -0.3 is 0 Å². The monoisotopic (exact) mass is 156 g/mol. The minimum Gasteiger partial charge on any atom is -0.275 e. The molecule has 0 radical (unpaired) electrons. The SMILES string of the molecule is CO[n+]1ccc(SC)cc1. The standard InChI is InChI=1S/C7H10NOS/c1-9-8-5-3-7(10-2)4-6-8/h3-6H,1-2H3/q+1. The fourth-order valence-electron chi connectivity index (χ4n) is 0.657. The van der Waals surface area contributed by atoms with Crippen molar-refractivity contribution in [3.63, 3.8) is 0 Å². The molecule has 0 aromatic carbocycles. The molecule has 0 atom stereocenters. The van der Waals surface area contributed by atoms with Crippen LogP contribution in [0.15, 0.2) is 29.4 Å². The molecule has 0 aliphatic heterocycles. The predicted octanol–water partition coefficient (Wildman–Crippen LogP) is 0.754. The second kappa shape index (κ2) is 3.46. The van der Waals surface area contributed by atoms with Crippen LogP contribution in [0.25, 0.3) is 0 Å². The third-order valence-electron chi connectivity index (χ3n) is 1.22. The van der Waals surface area contributed by atoms with E-state index in [1.807, 2.05) is 30.8 Å². The van der Waals surface area contributed by atoms with E-state index in [9.17, 15) is 0 Å². The number of pyridine rings is 1. The fraction of sp³-hybridized carbons (Fsp3) is 0.286. The summed E-state index contributed by atoms with van der Waals surface area (Å²) in [7, 11) is 1.64. The summed E-state index contributed by atoms with van der Waals surface area (Å²) in [6.45, 7) is 0. The Bertz CT molecular complexity index is 174. The van der Waals surface area contributed by atoms with Crippen LogP contribution >= 0.6 is 11.8 Å². The lowest BCUT2D eigenvalue weighted by molar-refractivity contribution is -0.885. The third kappa shape index (κ3) is 1.64. The van der Waals surface area contributed by atoms with Crippen molar-refractivity contribution in [1.29, 1.82) is 0 Å². The molecule has 0 N–H and O–H groups in total. The third-order valence-corrected chi connectivity index (χ3v) is 1.96. The first-order valence-corrected chi connectivity index (χ1v) is 4.19. The van der Waals surface area contributed by atoms with Gasteiger partial charge in [-0.05, 0) is 6.26 Å². The van der Waals surface area contributed by atoms with Crippen LogP contribution in [0.3, 0.4) is 0 Å². The fourth-order valence-corrected chi connectivity index (χ4v) is 1.05. The number of aromatic nitrogens is 1. The second-order valence-corrected chi connectivity index (χ2v) is 2.66. The summed E-state index contributed by atoms with van der Waals surface area (Å²) in [6, 6.07) is 4.02. The summed E-state index contributed by atoms with van der Waals surface area (Å²) >= 11 is 1.72. The van der Waals surface area contributed by atoms with Gasteiger partial charge in [0.2, 0.25) is 12.4 Å². The van der Waals surface area contributed by atoms with Gasteiger partial charge >= 0.3 is 0 Å². The number of thioether (sulfide) groups is 1. The van der Waals surface area contributed by atoms with Crippen LogP contribution in [0.5, 0.6) is 0 Å². The number of nitrogens with zero attached hydrogens (tertiary/aromatic N) is 1. The van der Waals surface area contributed by atoms with Crippen LogP contribution in [-0.2, 0) is 0 Å². The van der Waals surface area contributed by atoms with Gasteiger partial charge in [-0.2, -0.15) is 0 Å². The van der Waals surface area contributed by atoms with E-state index in [1.165, 1.54) is 4.90 Å². The van der Waals surface area contributed by atoms with Crippen LogP contribution in [0.1, 0.15) is 0 Å². The molecule has 2 nitrogen and oxygen atoms in total. The lowest BCUT2D eigenvalue weighted by Crippen LogP contribution is -2.39. The summed E-state index contributed by atoms with van der Waals surface area (Å²) in [4.78, 5) is 6.16. The molecule has 54 valence electrons. The first-order valence-electron chi connectivity index (χ1n) is 2.96. The topological polar surface area (TPSA) is 13.1 Å². The quantitative estimate of drug-likeness (QED) is 0.463. The van der Waals surface area contributed by atoms with Crippen molar-refractivity contribution in [2.24, 2.45) is 0 Å². The number of rotatable bonds is 2. The maximum Gasteiger partial charge on any atom is 0.223 e. The van der Waals surface area contributed by atoms with Gasteiger partial charge in [-0.1, -0.05) is 0 Å². The van der Waals surface area contributed by atoms with Crippen LogP contribution in [-0.4, -0.2) is 13.4 Å². The molecule has 1 rings (SSSR count). The Kier molecular flexibility index (Phi) is 2.57. The van der Waals surface area contributed by atoms with Crippen molar-refractivity contribution in [2.45, 2.75) is 4.90 Å². The van der Waals surface area contributed by atoms with Crippen LogP contribution in [0.4, 0.5) is 0 Å². The van der Waals surface area contributed by atoms with Gasteiger partial charge in [0.05, 0.1) is 0 Å². The van der Waals surface area contributed by atoms with Crippen LogP contribution in [0, 0.1) is 0 Å². The molecule has 0 saturated carbocycles. The van der Waals surface area contributed by atoms with E-state index in [0.29, 0.717) is 0 Å². The lowest BCUT2D eigenvalue weighted by Gasteiger charge is -1.91. The minimum absolute atomic E-state index is 1.24. The van der Waals surface area contributed by atoms with Gasteiger partial charge in [0.1, 0.15) is 7.11 Å². The highest BCUT2D eigenvalue weighted by Gasteiger charge is 1.96. The summed E-state index contributed by atoms with van der Waals surface area (Å²) in [5, 5.41) is 0. The van der Waals surface area contributed by atoms with Crippen molar-refractivity contribution in [3.8, 4) is 0 Å². The van der Waals surface area contributed by atoms with E-state index in [1.54, 1.807) is 23.6 Å². The molecular weight excluding hydrogens is 146 g/mol. The molecule has 0 aliphatic carbocycles. The highest BCUT2D eigenvalue weighted by molar-refractivity contribution is 7.98. The highest BCUT2D eigenvalue weighted by atomic mass is 32.2. The van der Waals surface area contributed by atoms with Gasteiger partial charge in [0.25, 0.3) is 0 Å². The van der Waals surface area contributed by atoms with Crippen molar-refractivity contribution >= 4 is 11.8 Å². The van der Waals surface area contributed by atoms with E-state index < -0.39 is 0 Å². The van der Waals surface area contributed by atoms with Crippen molar-refractivity contribution in [3.05, 3.63) is 24.5 Å². The Morgan fingerprint density at radius 1 is 1.40 bits per heavy atom. The van der Waals surface area contributed by atoms with Crippen LogP contribution in [0.2, 0.25) is 0 Å². The van der Waals surface area contributed by atoms with Gasteiger partial charge in [-0.25, -0.2) is 0 Å². The summed E-state index contributed by atoms with van der Waals surface area (Å²) in [5.74, 6) is 0. The number of hydrogen-bond donors (Lipinski definition) is 0. The molecule has 1 aromatic rings. The maximum atomic E-state index is 4.92. The first kappa shape index (κ1) is 7.41. The van der Waals surface area contributed by atoms with Gasteiger partial charge in [0.15, 0.2) is 0 Å². The molecule has 0 saturated heterocycles. The van der Waals surface area contributed by atoms with Crippen LogP contribution < -0.4 is 9.57 Å². The van der Waals surface area contributed by atoms with E-state index in [2.05, 4.69) is 0 Å². The predicted molar refractivity (Wildman–Crippen MR) is 40.9 cm³/mol. The van der Waals surface area contributed by atoms with Crippen molar-refractivity contribution < 1.29 is 9.57 Å². The molecule has 0 bridgehead atoms. The van der Waals surface area contributed by atoms with Gasteiger partial charge in [-0.15, -0.1) is 11.8 Å². The highest BCUT2D eigenvalue weighted by Crippen LogP contribution is 2.09. The zero-order valence-corrected chi connectivity index (χ0v) is 6.89. The molecule has 0 unspecified atom stereocenters. The Labute approximate surface area is 64.8 Å². The minimum atomic E-state index is 1.24. The lowest BCUT2D eigenvalue weighted by atomic mass is 10.5. The Balaban J connectivity index is 2.80. The molecule has 10 heavy (non-hydrogen) atoms. The van der Waals surface area contributed by atoms with E-state index in [4.69, 9.17) is 4.84 Å². The zero-order chi connectivity index (χ0) is 7.40. The summed E-state index contributed by atoms with van der Waals surface area (Å²) < 4.78 is 1.65. The van der Waals surface area contributed by atoms with Crippen molar-refractivity contribution in [1.82, 2.24) is 0 Å². The molecule has 0 fully saturated rings. The molecule has 1 aromatic heterocycles. The Morgan fingerprint density at radius 3 is 2.40 bits per heavy atom. The van der Waals surface area contributed by atoms with E-state index >= 15 is 0 Å². The normalized spacial score (nSPS) is 9.40. The molecule has 3 heteroatoms. The summed E-state index contributed by atoms with van der Waals surface area (Å²) in [5.41, 5.74) is 0. The Morgan fingerprint density at radius 2 is 2.00 bits per heavy atom. The average Bonchev–Trinajstić information content (AvgIpc) is 2.05. The smallest absolute Gasteiger partial charge is 0.223 e. The molecular formula is C7H10NOS+. The zero-order valence-electron chi connectivity index (χ0n) is 6.07. The van der Waals surface area contributed by atoms with Gasteiger partial charge in [0, 0.05) is 21.8 Å². The van der Waals surface area contributed by atoms with E-state index in [-0.39, 0.29) is 0 Å². The van der Waals surface area contributed by atoms with Crippen molar-refractivity contribution in [2.75, 3.05) is 13.4 Å². The Hall–Kier alpha value is -0.700. The molecule has 0 spiro atoms. The second-order valence-electron chi connectivity index (χ2n) is 1.78. The number of hydrogen-bond acceptors (Lipinski definition) is 2. The maximum absolute atomic E-state index is 4.92. The molecule has 1 heterocycles.